The highest BCUT2D eigenvalue weighted by molar-refractivity contribution is 7.92. The van der Waals surface area contributed by atoms with Gasteiger partial charge in [0.1, 0.15) is 10.8 Å². The Kier molecular flexibility index (Phi) is 10.9. The smallest absolute Gasteiger partial charge is 0.247 e. The Labute approximate surface area is 282 Å². The number of halogens is 1. The van der Waals surface area contributed by atoms with E-state index in [2.05, 4.69) is 54.2 Å². The maximum atomic E-state index is 13.0. The fraction of sp³-hybridized carbons (Fsp3) is 0.424. The Morgan fingerprint density at radius 1 is 1.04 bits per heavy atom. The van der Waals surface area contributed by atoms with Crippen molar-refractivity contribution in [3.63, 3.8) is 0 Å². The van der Waals surface area contributed by atoms with Crippen molar-refractivity contribution in [3.8, 4) is 5.75 Å². The molecule has 0 bridgehead atoms. The second-order valence-corrected chi connectivity index (χ2v) is 14.9. The Bertz CT molecular complexity index is 1700. The Morgan fingerprint density at radius 2 is 1.74 bits per heavy atom. The van der Waals surface area contributed by atoms with E-state index in [1.807, 2.05) is 6.07 Å². The van der Waals surface area contributed by atoms with E-state index in [9.17, 15) is 13.2 Å². The first-order valence-electron chi connectivity index (χ1n) is 15.7. The Balaban J connectivity index is 1.40. The van der Waals surface area contributed by atoms with E-state index in [0.29, 0.717) is 28.9 Å². The lowest BCUT2D eigenvalue weighted by atomic mass is 10.0. The van der Waals surface area contributed by atoms with Crippen molar-refractivity contribution in [2.75, 3.05) is 74.3 Å². The quantitative estimate of drug-likeness (QED) is 0.232. The SMILES string of the molecule is C=CC(=O)Nc1cc(Nc2ncc(Cl)c(Nc3ccccc3S(=O)(=O)C(C)C)n2)c(OC)cc1N1CCC(N2CCN(C)CC2)CC1. The highest BCUT2D eigenvalue weighted by atomic mass is 35.5. The molecule has 1 amide bonds. The molecule has 2 aliphatic heterocycles. The summed E-state index contributed by atoms with van der Waals surface area (Å²) >= 11 is 6.45. The number of piperidine rings is 1. The summed E-state index contributed by atoms with van der Waals surface area (Å²) in [6.07, 6.45) is 4.70. The van der Waals surface area contributed by atoms with Crippen LogP contribution >= 0.6 is 11.6 Å². The number of sulfone groups is 1. The molecule has 2 aliphatic rings. The minimum atomic E-state index is -3.58. The summed E-state index contributed by atoms with van der Waals surface area (Å²) < 4.78 is 31.8. The zero-order valence-electron chi connectivity index (χ0n) is 27.3. The molecule has 0 saturated carbocycles. The van der Waals surface area contributed by atoms with Crippen LogP contribution in [-0.4, -0.2) is 98.8 Å². The van der Waals surface area contributed by atoms with E-state index in [1.165, 1.54) is 12.3 Å². The van der Waals surface area contributed by atoms with Crippen LogP contribution in [0.4, 0.5) is 34.5 Å². The summed E-state index contributed by atoms with van der Waals surface area (Å²) in [5.41, 5.74) is 2.30. The maximum Gasteiger partial charge on any atom is 0.247 e. The zero-order valence-corrected chi connectivity index (χ0v) is 28.9. The van der Waals surface area contributed by atoms with Crippen molar-refractivity contribution in [2.45, 2.75) is 42.9 Å². The molecule has 2 fully saturated rings. The number of likely N-dealkylation sites (N-methyl/N-ethyl adjacent to an activating group) is 1. The van der Waals surface area contributed by atoms with E-state index >= 15 is 0 Å². The van der Waals surface area contributed by atoms with E-state index in [-0.39, 0.29) is 27.6 Å². The van der Waals surface area contributed by atoms with Crippen LogP contribution in [0.2, 0.25) is 5.02 Å². The zero-order chi connectivity index (χ0) is 33.7. The number of carbonyl (C=O) groups is 1. The number of rotatable bonds is 11. The number of para-hydroxylation sites is 1. The normalized spacial score (nSPS) is 16.6. The van der Waals surface area contributed by atoms with Crippen LogP contribution in [0, 0.1) is 0 Å². The lowest BCUT2D eigenvalue weighted by Gasteiger charge is -2.43. The van der Waals surface area contributed by atoms with Gasteiger partial charge < -0.3 is 30.5 Å². The van der Waals surface area contributed by atoms with Gasteiger partial charge in [-0.3, -0.25) is 9.69 Å². The third-order valence-corrected chi connectivity index (χ3v) is 11.2. The number of nitrogens with one attached hydrogen (secondary N) is 3. The van der Waals surface area contributed by atoms with E-state index in [1.54, 1.807) is 51.3 Å². The molecule has 2 aromatic carbocycles. The highest BCUT2D eigenvalue weighted by Gasteiger charge is 2.29. The molecular formula is C33H43ClN8O4S. The molecule has 252 valence electrons. The van der Waals surface area contributed by atoms with Gasteiger partial charge >= 0.3 is 0 Å². The van der Waals surface area contributed by atoms with E-state index in [0.717, 1.165) is 57.8 Å². The average molecular weight is 683 g/mol. The van der Waals surface area contributed by atoms with Gasteiger partial charge in [0.05, 0.1) is 46.2 Å². The second-order valence-electron chi connectivity index (χ2n) is 12.1. The van der Waals surface area contributed by atoms with Crippen molar-refractivity contribution in [2.24, 2.45) is 0 Å². The van der Waals surface area contributed by atoms with Crippen molar-refractivity contribution >= 4 is 61.9 Å². The van der Waals surface area contributed by atoms with Gasteiger partial charge in [-0.25, -0.2) is 13.4 Å². The number of hydrogen-bond acceptors (Lipinski definition) is 11. The number of hydrogen-bond donors (Lipinski definition) is 3. The van der Waals surface area contributed by atoms with Crippen molar-refractivity contribution in [1.29, 1.82) is 0 Å². The van der Waals surface area contributed by atoms with Gasteiger partial charge in [0.25, 0.3) is 0 Å². The Hall–Kier alpha value is -3.91. The summed E-state index contributed by atoms with van der Waals surface area (Å²) in [5.74, 6) is 0.592. The number of aromatic nitrogens is 2. The van der Waals surface area contributed by atoms with Crippen LogP contribution in [0.5, 0.6) is 5.75 Å². The van der Waals surface area contributed by atoms with Crippen LogP contribution < -0.4 is 25.6 Å². The molecule has 1 aromatic heterocycles. The van der Waals surface area contributed by atoms with Crippen LogP contribution in [0.3, 0.4) is 0 Å². The third-order valence-electron chi connectivity index (χ3n) is 8.68. The first kappa shape index (κ1) is 34.4. The second kappa shape index (κ2) is 14.9. The van der Waals surface area contributed by atoms with Crippen LogP contribution in [0.25, 0.3) is 0 Å². The number of ether oxygens (including phenoxy) is 1. The molecule has 47 heavy (non-hydrogen) atoms. The van der Waals surface area contributed by atoms with Gasteiger partial charge in [-0.1, -0.05) is 30.3 Å². The summed E-state index contributed by atoms with van der Waals surface area (Å²) in [7, 11) is 0.166. The summed E-state index contributed by atoms with van der Waals surface area (Å²) in [6.45, 7) is 12.9. The minimum Gasteiger partial charge on any atom is -0.494 e. The van der Waals surface area contributed by atoms with Crippen LogP contribution in [0.1, 0.15) is 26.7 Å². The largest absolute Gasteiger partial charge is 0.494 e. The van der Waals surface area contributed by atoms with Gasteiger partial charge in [-0.05, 0) is 58.0 Å². The summed E-state index contributed by atoms with van der Waals surface area (Å²) in [4.78, 5) is 28.8. The van der Waals surface area contributed by atoms with Crippen molar-refractivity contribution in [3.05, 3.63) is 60.3 Å². The number of amides is 1. The van der Waals surface area contributed by atoms with Gasteiger partial charge in [-0.15, -0.1) is 0 Å². The molecule has 14 heteroatoms. The molecule has 3 aromatic rings. The number of anilines is 6. The van der Waals surface area contributed by atoms with Gasteiger partial charge in [0, 0.05) is 51.4 Å². The highest BCUT2D eigenvalue weighted by Crippen LogP contribution is 2.40. The molecule has 0 radical (unpaired) electrons. The van der Waals surface area contributed by atoms with Crippen molar-refractivity contribution < 1.29 is 17.9 Å². The van der Waals surface area contributed by atoms with Gasteiger partial charge in [0.15, 0.2) is 15.7 Å². The Morgan fingerprint density at radius 3 is 2.40 bits per heavy atom. The lowest BCUT2D eigenvalue weighted by molar-refractivity contribution is -0.111. The van der Waals surface area contributed by atoms with Crippen LogP contribution in [-0.2, 0) is 14.6 Å². The number of benzene rings is 2. The van der Waals surface area contributed by atoms with Gasteiger partial charge in [-0.2, -0.15) is 4.98 Å². The topological polar surface area (TPSA) is 132 Å². The monoisotopic (exact) mass is 682 g/mol. The minimum absolute atomic E-state index is 0.145. The number of piperazine rings is 1. The molecule has 0 spiro atoms. The molecule has 0 unspecified atom stereocenters. The molecule has 0 atom stereocenters. The summed E-state index contributed by atoms with van der Waals surface area (Å²) in [6, 6.07) is 10.8. The molecule has 3 N–H and O–H groups in total. The van der Waals surface area contributed by atoms with Crippen LogP contribution in [0.15, 0.2) is 60.1 Å². The molecule has 5 rings (SSSR count). The van der Waals surface area contributed by atoms with E-state index in [4.69, 9.17) is 16.3 Å². The maximum absolute atomic E-state index is 13.0. The molecule has 3 heterocycles. The molecule has 12 nitrogen and oxygen atoms in total. The summed E-state index contributed by atoms with van der Waals surface area (Å²) in [5, 5.41) is 8.80. The predicted octanol–water partition coefficient (Wildman–Crippen LogP) is 5.15. The predicted molar refractivity (Wildman–Crippen MR) is 188 cm³/mol. The fourth-order valence-corrected chi connectivity index (χ4v) is 7.22. The number of nitrogens with zero attached hydrogens (tertiary/aromatic N) is 5. The first-order valence-corrected chi connectivity index (χ1v) is 17.6. The van der Waals surface area contributed by atoms with Gasteiger partial charge in [0.2, 0.25) is 11.9 Å². The first-order chi connectivity index (χ1) is 22.5. The lowest BCUT2D eigenvalue weighted by Crippen LogP contribution is -2.52. The van der Waals surface area contributed by atoms with Crippen molar-refractivity contribution in [1.82, 2.24) is 19.8 Å². The standard InChI is InChI=1S/C33H43ClN8O4S/c1-6-31(43)36-26-19-27(29(46-5)20-28(26)42-13-11-23(12-14-42)41-17-15-40(4)16-18-41)38-33-35-21-24(34)32(39-33)37-25-9-7-8-10-30(25)47(44,45)22(2)3/h6-10,19-23H,1,11-18H2,2-5H3,(H,36,43)(H2,35,37,38,39). The molecule has 0 aliphatic carbocycles. The average Bonchev–Trinajstić information content (AvgIpc) is 3.07. The number of methoxy groups -OCH3 is 1. The number of carbonyl (C=O) groups excluding carboxylic acids is 1. The fourth-order valence-electron chi connectivity index (χ4n) is 5.88. The molecular weight excluding hydrogens is 640 g/mol. The van der Waals surface area contributed by atoms with E-state index < -0.39 is 15.1 Å². The third kappa shape index (κ3) is 7.98. The molecule has 2 saturated heterocycles.